The van der Waals surface area contributed by atoms with E-state index in [0.29, 0.717) is 45.7 Å². The van der Waals surface area contributed by atoms with Crippen molar-refractivity contribution in [1.29, 1.82) is 0 Å². The number of hydrogen-bond acceptors (Lipinski definition) is 10. The van der Waals surface area contributed by atoms with Crippen LogP contribution in [-0.2, 0) is 23.8 Å². The average Bonchev–Trinajstić information content (AvgIpc) is 4.14. The molecule has 8 rings (SSSR count). The fraction of sp³-hybridized carbons (Fsp3) is 0.478. The van der Waals surface area contributed by atoms with Crippen LogP contribution < -0.4 is 16.0 Å². The van der Waals surface area contributed by atoms with Crippen molar-refractivity contribution in [1.82, 2.24) is 35.7 Å². The maximum absolute atomic E-state index is 14.0. The Balaban J connectivity index is 0.905. The van der Waals surface area contributed by atoms with Crippen molar-refractivity contribution in [2.75, 3.05) is 47.1 Å². The Hall–Kier alpha value is -5.96. The number of rotatable bonds is 11. The summed E-state index contributed by atoms with van der Waals surface area (Å²) in [5.41, 5.74) is 5.21. The molecule has 1 aromatic heterocycles. The lowest BCUT2D eigenvalue weighted by Gasteiger charge is -2.34. The van der Waals surface area contributed by atoms with Crippen LogP contribution in [0.5, 0.6) is 0 Å². The zero-order valence-electron chi connectivity index (χ0n) is 35.3. The normalized spacial score (nSPS) is 21.5. The van der Waals surface area contributed by atoms with Crippen molar-refractivity contribution in [2.45, 2.75) is 82.6 Å². The van der Waals surface area contributed by atoms with E-state index in [0.717, 1.165) is 76.1 Å². The molecule has 4 aliphatic heterocycles. The number of imidazole rings is 1. The van der Waals surface area contributed by atoms with Gasteiger partial charge >= 0.3 is 12.2 Å². The van der Waals surface area contributed by atoms with E-state index in [1.807, 2.05) is 29.8 Å². The fourth-order valence-corrected chi connectivity index (χ4v) is 9.31. The van der Waals surface area contributed by atoms with Crippen molar-refractivity contribution >= 4 is 40.6 Å². The van der Waals surface area contributed by atoms with E-state index >= 15 is 0 Å². The van der Waals surface area contributed by atoms with E-state index in [1.54, 1.807) is 0 Å². The summed E-state index contributed by atoms with van der Waals surface area (Å²) in [7, 11) is 2.61. The second-order valence-corrected chi connectivity index (χ2v) is 16.8. The summed E-state index contributed by atoms with van der Waals surface area (Å²) in [6.07, 6.45) is 5.33. The topological polar surface area (TPSA) is 180 Å². The van der Waals surface area contributed by atoms with E-state index in [-0.39, 0.29) is 41.8 Å². The predicted molar refractivity (Wildman–Crippen MR) is 231 cm³/mol. The van der Waals surface area contributed by atoms with Crippen molar-refractivity contribution < 1.29 is 33.4 Å². The number of fused-ring (bicyclic) bond motifs is 1. The number of carbonyl (C=O) groups is 4. The molecular formula is C46H56N8O7. The standard InChI is InChI=1S/C46H56N8O7/c1-27(2)39(51-45(57)59-3)43(55)53-19-5-7-37(53)42-48-26-36(50-42)34-16-15-32-23-31(13-14-33(32)24-34)28-9-11-29(12-10-28)35-25-47-41(49-35)38-8-6-20-54(38)44(56)40(52-46(58)60-4)30-17-21-61-22-18-30/h9-16,23-24,26-27,30,35,37-40H,5-8,17-22,25H2,1-4H3,(H,47,49)(H,48,50)(H,51,57)(H,52,58)/t35?,37-,38-,39-,40-/m0/s1. The first-order valence-electron chi connectivity index (χ1n) is 21.5. The van der Waals surface area contributed by atoms with Crippen molar-refractivity contribution in [3.8, 4) is 22.4 Å². The van der Waals surface area contributed by atoms with Gasteiger partial charge in [0.15, 0.2) is 0 Å². The summed E-state index contributed by atoms with van der Waals surface area (Å²) < 4.78 is 15.2. The minimum absolute atomic E-state index is 0.00290. The Kier molecular flexibility index (Phi) is 12.6. The maximum atomic E-state index is 14.0. The van der Waals surface area contributed by atoms with Gasteiger partial charge in [-0.2, -0.15) is 0 Å². The van der Waals surface area contributed by atoms with Crippen LogP contribution in [0, 0.1) is 11.8 Å². The first-order valence-corrected chi connectivity index (χ1v) is 21.5. The van der Waals surface area contributed by atoms with Gasteiger partial charge in [0.2, 0.25) is 11.8 Å². The predicted octanol–water partition coefficient (Wildman–Crippen LogP) is 6.13. The summed E-state index contributed by atoms with van der Waals surface area (Å²) >= 11 is 0. The lowest BCUT2D eigenvalue weighted by Crippen LogP contribution is -2.56. The average molecular weight is 833 g/mol. The Labute approximate surface area is 356 Å². The molecule has 4 N–H and O–H groups in total. The number of aliphatic imine (C=N–C) groups is 1. The van der Waals surface area contributed by atoms with Crippen LogP contribution in [0.1, 0.15) is 75.8 Å². The molecule has 0 bridgehead atoms. The molecule has 3 saturated heterocycles. The van der Waals surface area contributed by atoms with E-state index in [2.05, 4.69) is 81.6 Å². The number of aromatic amines is 1. The molecule has 4 aromatic rings. The minimum Gasteiger partial charge on any atom is -0.453 e. The third-order valence-electron chi connectivity index (χ3n) is 12.7. The highest BCUT2D eigenvalue weighted by atomic mass is 16.5. The van der Waals surface area contributed by atoms with Gasteiger partial charge in [-0.15, -0.1) is 0 Å². The molecule has 322 valence electrons. The summed E-state index contributed by atoms with van der Waals surface area (Å²) in [5, 5.41) is 11.4. The van der Waals surface area contributed by atoms with Crippen LogP contribution in [0.2, 0.25) is 0 Å². The second-order valence-electron chi connectivity index (χ2n) is 16.8. The zero-order valence-corrected chi connectivity index (χ0v) is 35.3. The Morgan fingerprint density at radius 1 is 0.770 bits per heavy atom. The third kappa shape index (κ3) is 8.93. The first kappa shape index (κ1) is 41.8. The molecule has 5 atom stereocenters. The number of nitrogens with one attached hydrogen (secondary N) is 4. The van der Waals surface area contributed by atoms with E-state index in [1.165, 1.54) is 14.2 Å². The van der Waals surface area contributed by atoms with Gasteiger partial charge in [0.25, 0.3) is 0 Å². The van der Waals surface area contributed by atoms with Gasteiger partial charge in [-0.3, -0.25) is 14.6 Å². The molecule has 5 heterocycles. The van der Waals surface area contributed by atoms with Crippen LogP contribution >= 0.6 is 0 Å². The molecule has 0 aliphatic carbocycles. The van der Waals surface area contributed by atoms with Gasteiger partial charge in [0.05, 0.1) is 50.8 Å². The number of amidine groups is 1. The van der Waals surface area contributed by atoms with Gasteiger partial charge in [-0.05, 0) is 90.0 Å². The van der Waals surface area contributed by atoms with Gasteiger partial charge in [0.1, 0.15) is 23.7 Å². The maximum Gasteiger partial charge on any atom is 0.407 e. The highest BCUT2D eigenvalue weighted by Gasteiger charge is 2.42. The summed E-state index contributed by atoms with van der Waals surface area (Å²) in [6.45, 7) is 6.74. The molecule has 4 aliphatic rings. The number of carbonyl (C=O) groups excluding carboxylic acids is 4. The molecule has 0 saturated carbocycles. The molecule has 15 nitrogen and oxygen atoms in total. The van der Waals surface area contributed by atoms with E-state index in [9.17, 15) is 19.2 Å². The third-order valence-corrected chi connectivity index (χ3v) is 12.7. The van der Waals surface area contributed by atoms with Gasteiger partial charge in [-0.1, -0.05) is 62.4 Å². The number of benzene rings is 3. The summed E-state index contributed by atoms with van der Waals surface area (Å²) in [4.78, 5) is 68.7. The molecular weight excluding hydrogens is 777 g/mol. The Bertz CT molecular complexity index is 2270. The molecule has 3 aromatic carbocycles. The quantitative estimate of drug-likeness (QED) is 0.138. The lowest BCUT2D eigenvalue weighted by molar-refractivity contribution is -0.136. The smallest absolute Gasteiger partial charge is 0.407 e. The van der Waals surface area contributed by atoms with E-state index < -0.39 is 24.3 Å². The molecule has 3 fully saturated rings. The first-order chi connectivity index (χ1) is 29.6. The number of alkyl carbamates (subject to hydrolysis) is 2. The largest absolute Gasteiger partial charge is 0.453 e. The number of amides is 4. The number of hydrogen-bond donors (Lipinski definition) is 4. The number of ether oxygens (including phenoxy) is 3. The van der Waals surface area contributed by atoms with Gasteiger partial charge in [0, 0.05) is 31.9 Å². The van der Waals surface area contributed by atoms with Crippen molar-refractivity contribution in [3.05, 3.63) is 78.2 Å². The number of nitrogens with zero attached hydrogens (tertiary/aromatic N) is 4. The highest BCUT2D eigenvalue weighted by Crippen LogP contribution is 2.35. The Morgan fingerprint density at radius 3 is 2.08 bits per heavy atom. The fourth-order valence-electron chi connectivity index (χ4n) is 9.31. The van der Waals surface area contributed by atoms with Gasteiger partial charge in [-0.25, -0.2) is 14.6 Å². The molecule has 0 radical (unpaired) electrons. The summed E-state index contributed by atoms with van der Waals surface area (Å²) in [6, 6.07) is 19.7. The van der Waals surface area contributed by atoms with Crippen molar-refractivity contribution in [3.63, 3.8) is 0 Å². The number of H-pyrrole nitrogens is 1. The molecule has 0 spiro atoms. The zero-order chi connectivity index (χ0) is 42.6. The van der Waals surface area contributed by atoms with Crippen LogP contribution in [0.4, 0.5) is 9.59 Å². The number of likely N-dealkylation sites (tertiary alicyclic amines) is 2. The molecule has 1 unspecified atom stereocenters. The summed E-state index contributed by atoms with van der Waals surface area (Å²) in [5.74, 6) is 1.21. The molecule has 15 heteroatoms. The van der Waals surface area contributed by atoms with Crippen LogP contribution in [0.15, 0.2) is 71.9 Å². The van der Waals surface area contributed by atoms with Crippen LogP contribution in [0.3, 0.4) is 0 Å². The number of methoxy groups -OCH3 is 2. The molecule has 61 heavy (non-hydrogen) atoms. The van der Waals surface area contributed by atoms with Crippen LogP contribution in [-0.4, -0.2) is 115 Å². The van der Waals surface area contributed by atoms with Crippen LogP contribution in [0.25, 0.3) is 33.2 Å². The molecule has 4 amide bonds. The monoisotopic (exact) mass is 832 g/mol. The SMILES string of the molecule is COC(=O)N[C@H](C(=O)N1CCC[C@H]1c1ncc(-c2ccc3cc(-c4ccc(C5CN=C([C@@H]6CCCN6C(=O)[C@@H](NC(=O)OC)C6CCOCC6)N5)cc4)ccc3c2)[nH]1)C(C)C. The highest BCUT2D eigenvalue weighted by molar-refractivity contribution is 5.96. The Morgan fingerprint density at radius 2 is 1.39 bits per heavy atom. The number of aromatic nitrogens is 2. The minimum atomic E-state index is -0.687. The second kappa shape index (κ2) is 18.3. The van der Waals surface area contributed by atoms with Crippen molar-refractivity contribution in [2.24, 2.45) is 16.8 Å². The van der Waals surface area contributed by atoms with Gasteiger partial charge < -0.3 is 44.9 Å². The lowest BCUT2D eigenvalue weighted by atomic mass is 9.90. The van der Waals surface area contributed by atoms with E-state index in [4.69, 9.17) is 24.2 Å².